The summed E-state index contributed by atoms with van der Waals surface area (Å²) in [5.74, 6) is 0.833. The maximum absolute atomic E-state index is 12.9. The van der Waals surface area contributed by atoms with Crippen molar-refractivity contribution >= 4 is 28.9 Å². The molecule has 0 aliphatic heterocycles. The molecule has 1 fully saturated rings. The molecule has 9 nitrogen and oxygen atoms in total. The molecule has 2 aliphatic carbocycles. The number of aliphatic hydroxyl groups excluding tert-OH is 1. The van der Waals surface area contributed by atoms with Crippen LogP contribution in [-0.4, -0.2) is 43.7 Å². The Balaban J connectivity index is 1.34. The van der Waals surface area contributed by atoms with Gasteiger partial charge in [0.05, 0.1) is 12.2 Å². The fourth-order valence-electron chi connectivity index (χ4n) is 4.78. The maximum atomic E-state index is 12.9. The van der Waals surface area contributed by atoms with Crippen molar-refractivity contribution in [2.45, 2.75) is 45.1 Å². The number of ether oxygens (including phenoxy) is 1. The summed E-state index contributed by atoms with van der Waals surface area (Å²) in [6.07, 6.45) is 11.6. The lowest BCUT2D eigenvalue weighted by Gasteiger charge is -2.26. The number of H-pyrrole nitrogens is 1. The molecule has 0 spiro atoms. The molecule has 0 unspecified atom stereocenters. The molecule has 36 heavy (non-hydrogen) atoms. The van der Waals surface area contributed by atoms with Gasteiger partial charge in [-0.2, -0.15) is 9.50 Å². The topological polar surface area (TPSA) is 122 Å². The Labute approximate surface area is 212 Å². The van der Waals surface area contributed by atoms with Crippen LogP contribution in [0.3, 0.4) is 0 Å². The SMILES string of the molecule is O=C(NCC1(CO)CCCC1)c1ccccc1OCc1nc2nc(C3=CC=CCC3)[nH]n2c(=O)c1Cl. The number of aromatic amines is 1. The number of benzene rings is 1. The third-order valence-electron chi connectivity index (χ3n) is 6.95. The van der Waals surface area contributed by atoms with Gasteiger partial charge in [0.15, 0.2) is 5.82 Å². The Hall–Kier alpha value is -3.43. The molecule has 2 aliphatic rings. The molecule has 0 atom stereocenters. The van der Waals surface area contributed by atoms with Crippen molar-refractivity contribution in [3.8, 4) is 5.75 Å². The van der Waals surface area contributed by atoms with Gasteiger partial charge in [0.25, 0.3) is 17.2 Å². The second-order valence-electron chi connectivity index (χ2n) is 9.38. The molecule has 0 saturated heterocycles. The van der Waals surface area contributed by atoms with Crippen LogP contribution in [-0.2, 0) is 6.61 Å². The van der Waals surface area contributed by atoms with E-state index in [0.29, 0.717) is 23.7 Å². The summed E-state index contributed by atoms with van der Waals surface area (Å²) in [5.41, 5.74) is 0.849. The standard InChI is InChI=1S/C26H28ClN5O4/c27-21-19(29-25-30-22(31-32(25)24(21)35)17-8-2-1-3-9-17)14-36-20-11-5-4-10-18(20)23(34)28-15-26(16-33)12-6-7-13-26/h1-2,4-5,8,10-11,33H,3,6-7,9,12-16H2,(H,28,34)(H,29,30,31). The average Bonchev–Trinajstić information content (AvgIpc) is 3.57. The first-order chi connectivity index (χ1) is 17.5. The Morgan fingerprint density at radius 2 is 2.06 bits per heavy atom. The van der Waals surface area contributed by atoms with E-state index in [-0.39, 0.29) is 41.0 Å². The highest BCUT2D eigenvalue weighted by Crippen LogP contribution is 2.37. The van der Waals surface area contributed by atoms with Gasteiger partial charge >= 0.3 is 0 Å². The maximum Gasteiger partial charge on any atom is 0.293 e. The number of carbonyl (C=O) groups is 1. The minimum atomic E-state index is -0.470. The number of nitrogens with one attached hydrogen (secondary N) is 2. The molecule has 1 amide bonds. The Kier molecular flexibility index (Phi) is 6.93. The molecule has 1 saturated carbocycles. The van der Waals surface area contributed by atoms with Gasteiger partial charge in [-0.05, 0) is 43.4 Å². The average molecular weight is 510 g/mol. The van der Waals surface area contributed by atoms with Crippen LogP contribution in [0.5, 0.6) is 5.75 Å². The summed E-state index contributed by atoms with van der Waals surface area (Å²) in [4.78, 5) is 34.7. The smallest absolute Gasteiger partial charge is 0.293 e. The fourth-order valence-corrected chi connectivity index (χ4v) is 4.96. The van der Waals surface area contributed by atoms with Gasteiger partial charge in [-0.1, -0.05) is 54.8 Å². The van der Waals surface area contributed by atoms with E-state index in [2.05, 4.69) is 26.5 Å². The van der Waals surface area contributed by atoms with Gasteiger partial charge < -0.3 is 15.2 Å². The number of aliphatic hydroxyl groups is 1. The molecule has 0 radical (unpaired) electrons. The summed E-state index contributed by atoms with van der Waals surface area (Å²) in [5, 5.41) is 15.7. The molecule has 1 aromatic carbocycles. The number of fused-ring (bicyclic) bond motifs is 1. The molecule has 3 N–H and O–H groups in total. The van der Waals surface area contributed by atoms with Crippen LogP contribution >= 0.6 is 11.6 Å². The van der Waals surface area contributed by atoms with Crippen LogP contribution in [0.2, 0.25) is 5.02 Å². The minimum Gasteiger partial charge on any atom is -0.486 e. The molecule has 0 bridgehead atoms. The predicted molar refractivity (Wildman–Crippen MR) is 136 cm³/mol. The van der Waals surface area contributed by atoms with E-state index < -0.39 is 5.56 Å². The monoisotopic (exact) mass is 509 g/mol. The van der Waals surface area contributed by atoms with Crippen LogP contribution < -0.4 is 15.6 Å². The summed E-state index contributed by atoms with van der Waals surface area (Å²) in [7, 11) is 0. The van der Waals surface area contributed by atoms with Gasteiger partial charge in [-0.3, -0.25) is 14.7 Å². The highest BCUT2D eigenvalue weighted by Gasteiger charge is 2.33. The van der Waals surface area contributed by atoms with Gasteiger partial charge in [0.1, 0.15) is 23.1 Å². The lowest BCUT2D eigenvalue weighted by Crippen LogP contribution is -2.38. The number of para-hydroxylation sites is 1. The van der Waals surface area contributed by atoms with Crippen LogP contribution in [0.25, 0.3) is 11.4 Å². The molecule has 2 aromatic heterocycles. The quantitative estimate of drug-likeness (QED) is 0.426. The highest BCUT2D eigenvalue weighted by atomic mass is 35.5. The zero-order valence-electron chi connectivity index (χ0n) is 19.8. The number of aromatic nitrogens is 4. The van der Waals surface area contributed by atoms with Crippen LogP contribution in [0.15, 0.2) is 47.3 Å². The van der Waals surface area contributed by atoms with Gasteiger partial charge in [-0.25, -0.2) is 4.98 Å². The first kappa shape index (κ1) is 24.3. The largest absolute Gasteiger partial charge is 0.486 e. The molecular formula is C26H28ClN5O4. The fraction of sp³-hybridized carbons (Fsp3) is 0.385. The first-order valence-corrected chi connectivity index (χ1v) is 12.5. The van der Waals surface area contributed by atoms with Crippen LogP contribution in [0.1, 0.15) is 60.4 Å². The highest BCUT2D eigenvalue weighted by molar-refractivity contribution is 6.31. The van der Waals surface area contributed by atoms with E-state index in [1.54, 1.807) is 24.3 Å². The lowest BCUT2D eigenvalue weighted by molar-refractivity contribution is 0.0876. The summed E-state index contributed by atoms with van der Waals surface area (Å²) >= 11 is 6.34. The second kappa shape index (κ2) is 10.3. The third-order valence-corrected chi connectivity index (χ3v) is 7.33. The first-order valence-electron chi connectivity index (χ1n) is 12.1. The van der Waals surface area contributed by atoms with Crippen molar-refractivity contribution in [3.63, 3.8) is 0 Å². The molecular weight excluding hydrogens is 482 g/mol. The number of allylic oxidation sites excluding steroid dienone is 4. The molecule has 3 aromatic rings. The van der Waals surface area contributed by atoms with Crippen molar-refractivity contribution in [2.75, 3.05) is 13.2 Å². The minimum absolute atomic E-state index is 0.0521. The number of nitrogens with zero attached hydrogens (tertiary/aromatic N) is 3. The number of rotatable bonds is 8. The third kappa shape index (κ3) is 4.81. The van der Waals surface area contributed by atoms with Gasteiger partial charge in [0, 0.05) is 12.0 Å². The van der Waals surface area contributed by atoms with E-state index in [9.17, 15) is 14.7 Å². The van der Waals surface area contributed by atoms with Crippen molar-refractivity contribution in [1.29, 1.82) is 0 Å². The van der Waals surface area contributed by atoms with E-state index in [1.807, 2.05) is 12.2 Å². The number of halogens is 1. The van der Waals surface area contributed by atoms with Crippen molar-refractivity contribution in [1.82, 2.24) is 24.9 Å². The van der Waals surface area contributed by atoms with E-state index >= 15 is 0 Å². The molecule has 5 rings (SSSR count). The van der Waals surface area contributed by atoms with Crippen molar-refractivity contribution in [3.05, 3.63) is 75.0 Å². The van der Waals surface area contributed by atoms with Gasteiger partial charge in [-0.15, -0.1) is 0 Å². The molecule has 188 valence electrons. The summed E-state index contributed by atoms with van der Waals surface area (Å²) < 4.78 is 7.14. The van der Waals surface area contributed by atoms with Gasteiger partial charge in [0.2, 0.25) is 0 Å². The number of carbonyl (C=O) groups excluding carboxylic acids is 1. The van der Waals surface area contributed by atoms with E-state index in [1.165, 1.54) is 4.52 Å². The Bertz CT molecular complexity index is 1400. The van der Waals surface area contributed by atoms with E-state index in [4.69, 9.17) is 16.3 Å². The Morgan fingerprint density at radius 3 is 2.81 bits per heavy atom. The summed E-state index contributed by atoms with van der Waals surface area (Å²) in [6.45, 7) is 0.352. The Morgan fingerprint density at radius 1 is 1.25 bits per heavy atom. The number of hydrogen-bond donors (Lipinski definition) is 3. The molecule has 2 heterocycles. The van der Waals surface area contributed by atoms with Crippen molar-refractivity contribution < 1.29 is 14.6 Å². The number of hydrogen-bond acceptors (Lipinski definition) is 6. The lowest BCUT2D eigenvalue weighted by atomic mass is 9.87. The van der Waals surface area contributed by atoms with Crippen molar-refractivity contribution in [2.24, 2.45) is 5.41 Å². The van der Waals surface area contributed by atoms with Crippen LogP contribution in [0, 0.1) is 5.41 Å². The van der Waals surface area contributed by atoms with E-state index in [0.717, 1.165) is 44.1 Å². The summed E-state index contributed by atoms with van der Waals surface area (Å²) in [6, 6.07) is 6.87. The predicted octanol–water partition coefficient (Wildman–Crippen LogP) is 3.67. The molecule has 10 heteroatoms. The number of amides is 1. The normalized spacial score (nSPS) is 16.8. The van der Waals surface area contributed by atoms with Crippen LogP contribution in [0.4, 0.5) is 0 Å². The zero-order chi connectivity index (χ0) is 25.1. The zero-order valence-corrected chi connectivity index (χ0v) is 20.6. The second-order valence-corrected chi connectivity index (χ2v) is 9.75.